The maximum absolute atomic E-state index is 10.5. The lowest BCUT2D eigenvalue weighted by atomic mass is 9.73. The third-order valence-electron chi connectivity index (χ3n) is 12.0. The van der Waals surface area contributed by atoms with Crippen molar-refractivity contribution in [3.8, 4) is 12.1 Å². The molecule has 4 atom stereocenters. The zero-order chi connectivity index (χ0) is 34.0. The van der Waals surface area contributed by atoms with Crippen molar-refractivity contribution in [1.29, 1.82) is 10.5 Å². The number of nitriles is 2. The Morgan fingerprint density at radius 1 is 0.860 bits per heavy atom. The zero-order valence-corrected chi connectivity index (χ0v) is 28.7. The van der Waals surface area contributed by atoms with Crippen LogP contribution < -0.4 is 0 Å². The van der Waals surface area contributed by atoms with Crippen molar-refractivity contribution in [2.75, 3.05) is 0 Å². The fourth-order valence-electron chi connectivity index (χ4n) is 9.46. The lowest BCUT2D eigenvalue weighted by molar-refractivity contribution is 0.305. The van der Waals surface area contributed by atoms with Crippen molar-refractivity contribution in [3.63, 3.8) is 0 Å². The number of aryl methyl sites for hydroxylation is 1. The SMILES string of the molecule is CC1CC=CC(N2C3=C(CCC=C3)C3(C)C=CC=CC23)=C1c1ccc(C2CC=C(n3c4c(c5ccccc53)CCC(C#N)=C4)C=C2C#N)cc1. The predicted octanol–water partition coefficient (Wildman–Crippen LogP) is 10.7. The molecule has 4 nitrogen and oxygen atoms in total. The van der Waals surface area contributed by atoms with E-state index in [1.165, 1.54) is 39.0 Å². The van der Waals surface area contributed by atoms with Crippen molar-refractivity contribution in [2.24, 2.45) is 11.3 Å². The van der Waals surface area contributed by atoms with Crippen molar-refractivity contribution < 1.29 is 0 Å². The summed E-state index contributed by atoms with van der Waals surface area (Å²) in [5, 5.41) is 21.4. The third kappa shape index (κ3) is 4.55. The number of benzene rings is 2. The first-order valence-corrected chi connectivity index (χ1v) is 18.1. The van der Waals surface area contributed by atoms with Crippen LogP contribution in [0.5, 0.6) is 0 Å². The first-order chi connectivity index (χ1) is 24.5. The first-order valence-electron chi connectivity index (χ1n) is 18.1. The van der Waals surface area contributed by atoms with Gasteiger partial charge in [0.2, 0.25) is 0 Å². The molecule has 2 heterocycles. The van der Waals surface area contributed by atoms with Gasteiger partial charge in [0.05, 0.1) is 29.4 Å². The number of rotatable bonds is 4. The minimum absolute atomic E-state index is 0.000738. The molecule has 0 N–H and O–H groups in total. The molecule has 0 saturated carbocycles. The zero-order valence-electron chi connectivity index (χ0n) is 28.7. The van der Waals surface area contributed by atoms with Gasteiger partial charge in [-0.3, -0.25) is 0 Å². The second kappa shape index (κ2) is 11.8. The topological polar surface area (TPSA) is 55.8 Å². The van der Waals surface area contributed by atoms with Gasteiger partial charge in [0.15, 0.2) is 0 Å². The van der Waals surface area contributed by atoms with Crippen LogP contribution in [0.25, 0.3) is 28.2 Å². The molecule has 4 heteroatoms. The van der Waals surface area contributed by atoms with Crippen LogP contribution in [0, 0.1) is 34.0 Å². The summed E-state index contributed by atoms with van der Waals surface area (Å²) in [5.74, 6) is 0.386. The van der Waals surface area contributed by atoms with Crippen LogP contribution in [0.3, 0.4) is 0 Å². The van der Waals surface area contributed by atoms with Crippen LogP contribution in [0.2, 0.25) is 0 Å². The minimum Gasteiger partial charge on any atom is -0.333 e. The number of aromatic nitrogens is 1. The lowest BCUT2D eigenvalue weighted by Crippen LogP contribution is -2.38. The van der Waals surface area contributed by atoms with Crippen LogP contribution in [0.15, 0.2) is 137 Å². The van der Waals surface area contributed by atoms with Crippen LogP contribution in [-0.4, -0.2) is 15.5 Å². The largest absolute Gasteiger partial charge is 0.333 e. The van der Waals surface area contributed by atoms with E-state index in [4.69, 9.17) is 0 Å². The summed E-state index contributed by atoms with van der Waals surface area (Å²) in [7, 11) is 0. The lowest BCUT2D eigenvalue weighted by Gasteiger charge is -2.39. The fourth-order valence-corrected chi connectivity index (χ4v) is 9.46. The maximum Gasteiger partial charge on any atom is 0.0954 e. The Balaban J connectivity index is 1.07. The summed E-state index contributed by atoms with van der Waals surface area (Å²) in [6, 6.07) is 22.8. The highest BCUT2D eigenvalue weighted by Crippen LogP contribution is 2.54. The van der Waals surface area contributed by atoms with Gasteiger partial charge in [-0.15, -0.1) is 0 Å². The molecule has 0 radical (unpaired) electrons. The average molecular weight is 649 g/mol. The summed E-state index contributed by atoms with van der Waals surface area (Å²) in [5.41, 5.74) is 14.1. The van der Waals surface area contributed by atoms with Crippen LogP contribution in [-0.2, 0) is 6.42 Å². The van der Waals surface area contributed by atoms with Gasteiger partial charge in [-0.25, -0.2) is 0 Å². The Hall–Kier alpha value is -5.58. The molecule has 9 rings (SSSR count). The summed E-state index contributed by atoms with van der Waals surface area (Å²) in [6.07, 6.45) is 30.6. The van der Waals surface area contributed by atoms with Gasteiger partial charge in [-0.05, 0) is 110 Å². The Kier molecular flexibility index (Phi) is 7.18. The van der Waals surface area contributed by atoms with E-state index in [1.807, 2.05) is 6.08 Å². The van der Waals surface area contributed by atoms with E-state index < -0.39 is 0 Å². The van der Waals surface area contributed by atoms with Crippen LogP contribution >= 0.6 is 0 Å². The van der Waals surface area contributed by atoms with E-state index >= 15 is 0 Å². The van der Waals surface area contributed by atoms with E-state index in [2.05, 4.69) is 145 Å². The molecule has 5 aliphatic carbocycles. The number of allylic oxidation sites excluding steroid dienone is 12. The molecular formula is C46H40N4. The monoisotopic (exact) mass is 648 g/mol. The molecular weight excluding hydrogens is 609 g/mol. The van der Waals surface area contributed by atoms with Crippen molar-refractivity contribution >= 4 is 28.2 Å². The molecule has 0 fully saturated rings. The standard InChI is InChI=1S/C46H40N4/c1-30-10-9-15-42(50-41-14-6-4-12-39(41)46(2)25-8-7-16-44(46)50)45(30)33-20-18-32(19-21-33)36-24-22-35(27-34(36)29-48)49-40-13-5-3-11-37(40)38-23-17-31(28-47)26-43(38)49/h3,5-9,11,13-16,18-22,25-27,30,36,44H,4,10,12,17,23-24H2,1-2H3. The van der Waals surface area contributed by atoms with Crippen LogP contribution in [0.1, 0.15) is 74.3 Å². The van der Waals surface area contributed by atoms with Gasteiger partial charge in [0.1, 0.15) is 0 Å². The van der Waals surface area contributed by atoms with Gasteiger partial charge in [-0.2, -0.15) is 10.5 Å². The number of nitrogens with zero attached hydrogens (tertiary/aromatic N) is 4. The van der Waals surface area contributed by atoms with E-state index in [1.54, 1.807) is 5.57 Å². The number of hydrogen-bond donors (Lipinski definition) is 0. The normalized spacial score (nSPS) is 26.6. The number of hydrogen-bond acceptors (Lipinski definition) is 3. The smallest absolute Gasteiger partial charge is 0.0954 e. The molecule has 3 aromatic rings. The number of para-hydroxylation sites is 1. The van der Waals surface area contributed by atoms with E-state index in [0.717, 1.165) is 66.6 Å². The molecule has 4 unspecified atom stereocenters. The Morgan fingerprint density at radius 2 is 1.70 bits per heavy atom. The second-order valence-electron chi connectivity index (χ2n) is 14.7. The van der Waals surface area contributed by atoms with E-state index in [0.29, 0.717) is 5.92 Å². The predicted molar refractivity (Wildman–Crippen MR) is 203 cm³/mol. The quantitative estimate of drug-likeness (QED) is 0.283. The second-order valence-corrected chi connectivity index (χ2v) is 14.7. The fraction of sp³-hybridized carbons (Fsp3) is 0.261. The highest BCUT2D eigenvalue weighted by molar-refractivity contribution is 5.94. The maximum atomic E-state index is 10.5. The third-order valence-corrected chi connectivity index (χ3v) is 12.0. The van der Waals surface area contributed by atoms with E-state index in [9.17, 15) is 10.5 Å². The summed E-state index contributed by atoms with van der Waals surface area (Å²) in [6.45, 7) is 4.77. The van der Waals surface area contributed by atoms with Gasteiger partial charge < -0.3 is 9.47 Å². The molecule has 244 valence electrons. The molecule has 2 aromatic carbocycles. The molecule has 1 aromatic heterocycles. The molecule has 6 aliphatic rings. The molecule has 1 aliphatic heterocycles. The molecule has 0 saturated heterocycles. The molecule has 0 spiro atoms. The van der Waals surface area contributed by atoms with Gasteiger partial charge in [0, 0.05) is 45.0 Å². The molecule has 0 bridgehead atoms. The Bertz CT molecular complexity index is 2330. The average Bonchev–Trinajstić information content (AvgIpc) is 3.63. The van der Waals surface area contributed by atoms with Crippen LogP contribution in [0.4, 0.5) is 0 Å². The highest BCUT2D eigenvalue weighted by Gasteiger charge is 2.48. The van der Waals surface area contributed by atoms with Crippen molar-refractivity contribution in [2.45, 2.75) is 64.3 Å². The highest BCUT2D eigenvalue weighted by atomic mass is 15.2. The first kappa shape index (κ1) is 30.5. The van der Waals surface area contributed by atoms with Crippen molar-refractivity contribution in [3.05, 3.63) is 160 Å². The van der Waals surface area contributed by atoms with Gasteiger partial charge in [0.25, 0.3) is 0 Å². The summed E-state index contributed by atoms with van der Waals surface area (Å²) in [4.78, 5) is 2.61. The summed E-state index contributed by atoms with van der Waals surface area (Å²) >= 11 is 0. The Morgan fingerprint density at radius 3 is 2.54 bits per heavy atom. The van der Waals surface area contributed by atoms with Gasteiger partial charge >= 0.3 is 0 Å². The van der Waals surface area contributed by atoms with E-state index in [-0.39, 0.29) is 17.4 Å². The summed E-state index contributed by atoms with van der Waals surface area (Å²) < 4.78 is 2.26. The minimum atomic E-state index is -0.00340. The van der Waals surface area contributed by atoms with Crippen molar-refractivity contribution in [1.82, 2.24) is 9.47 Å². The molecule has 50 heavy (non-hydrogen) atoms. The molecule has 0 amide bonds. The van der Waals surface area contributed by atoms with Gasteiger partial charge in [-0.1, -0.05) is 91.9 Å². The Labute approximate surface area is 295 Å². The number of fused-ring (bicyclic) bond motifs is 5.